The largest absolute Gasteiger partial charge is 0.490 e. The first-order chi connectivity index (χ1) is 12.9. The van der Waals surface area contributed by atoms with Crippen LogP contribution in [0.4, 0.5) is 0 Å². The van der Waals surface area contributed by atoms with Gasteiger partial charge in [0, 0.05) is 5.56 Å². The first-order valence-electron chi connectivity index (χ1n) is 10.9. The number of hydrogen-bond acceptors (Lipinski definition) is 2. The normalized spacial score (nSPS) is 16.3. The third-order valence-corrected chi connectivity index (χ3v) is 5.02. The lowest BCUT2D eigenvalue weighted by molar-refractivity contribution is 0.262. The van der Waals surface area contributed by atoms with E-state index in [-0.39, 0.29) is 0 Å². The van der Waals surface area contributed by atoms with Crippen LogP contribution >= 0.6 is 0 Å². The molecule has 0 N–H and O–H groups in total. The average Bonchev–Trinajstić information content (AvgIpc) is 3.49. The zero-order chi connectivity index (χ0) is 18.3. The van der Waals surface area contributed by atoms with Crippen molar-refractivity contribution in [2.75, 3.05) is 13.2 Å². The molecular weight excluding hydrogens is 320 g/mol. The number of epoxide rings is 1. The van der Waals surface area contributed by atoms with Crippen molar-refractivity contribution in [3.05, 3.63) is 35.9 Å². The minimum absolute atomic E-state index is 0.309. The monoisotopic (exact) mass is 358 g/mol. The Kier molecular flexibility index (Phi) is 11.2. The molecule has 1 atom stereocenters. The van der Waals surface area contributed by atoms with Crippen molar-refractivity contribution in [3.8, 4) is 5.75 Å². The summed E-state index contributed by atoms with van der Waals surface area (Å²) in [5, 5.41) is 0. The van der Waals surface area contributed by atoms with Crippen LogP contribution in [-0.4, -0.2) is 19.3 Å². The van der Waals surface area contributed by atoms with Crippen LogP contribution in [-0.2, 0) is 4.74 Å². The molecule has 0 bridgehead atoms. The van der Waals surface area contributed by atoms with Crippen molar-refractivity contribution in [2.45, 2.75) is 90.1 Å². The number of unbranched alkanes of at least 4 members (excludes halogenated alkanes) is 11. The van der Waals surface area contributed by atoms with Gasteiger partial charge >= 0.3 is 0 Å². The molecule has 1 aliphatic heterocycles. The highest BCUT2D eigenvalue weighted by atomic mass is 16.6. The Balaban J connectivity index is 1.46. The van der Waals surface area contributed by atoms with Gasteiger partial charge in [-0.1, -0.05) is 101 Å². The van der Waals surface area contributed by atoms with E-state index in [0.29, 0.717) is 12.7 Å². The maximum Gasteiger partial charge on any atom is 0.126 e. The van der Waals surface area contributed by atoms with Crippen LogP contribution in [0, 0.1) is 0 Å². The Morgan fingerprint density at radius 1 is 0.923 bits per heavy atom. The number of benzene rings is 1. The predicted octanol–water partition coefficient (Wildman–Crippen LogP) is 7.18. The van der Waals surface area contributed by atoms with E-state index in [4.69, 9.17) is 9.47 Å². The van der Waals surface area contributed by atoms with Crippen LogP contribution < -0.4 is 4.74 Å². The molecule has 0 aliphatic carbocycles. The van der Waals surface area contributed by atoms with Gasteiger partial charge in [0.1, 0.15) is 18.5 Å². The zero-order valence-electron chi connectivity index (χ0n) is 16.8. The Bertz CT molecular complexity index is 491. The van der Waals surface area contributed by atoms with Gasteiger partial charge < -0.3 is 9.47 Å². The van der Waals surface area contributed by atoms with Gasteiger partial charge in [0.05, 0.1) is 6.61 Å². The fraction of sp³-hybridized carbons (Fsp3) is 0.667. The lowest BCUT2D eigenvalue weighted by Gasteiger charge is -2.07. The standard InChI is InChI=1S/C24H38O2/c1-2-3-4-5-6-7-8-9-10-11-12-13-14-17-22-18-15-16-19-24(22)26-21-23-20-25-23/h14-19,23H,2-13,20-21H2,1H3/b17-14+. The molecule has 0 spiro atoms. The van der Waals surface area contributed by atoms with Gasteiger partial charge in [-0.2, -0.15) is 0 Å². The third kappa shape index (κ3) is 10.0. The van der Waals surface area contributed by atoms with E-state index in [2.05, 4.69) is 31.2 Å². The highest BCUT2D eigenvalue weighted by molar-refractivity contribution is 5.57. The molecule has 1 heterocycles. The summed E-state index contributed by atoms with van der Waals surface area (Å²) in [7, 11) is 0. The molecule has 1 aromatic carbocycles. The second-order valence-corrected chi connectivity index (χ2v) is 7.53. The van der Waals surface area contributed by atoms with Crippen molar-refractivity contribution >= 4 is 6.08 Å². The van der Waals surface area contributed by atoms with E-state index in [0.717, 1.165) is 18.8 Å². The smallest absolute Gasteiger partial charge is 0.126 e. The quantitative estimate of drug-likeness (QED) is 0.230. The molecule has 2 rings (SSSR count). The van der Waals surface area contributed by atoms with Gasteiger partial charge in [-0.25, -0.2) is 0 Å². The highest BCUT2D eigenvalue weighted by Gasteiger charge is 2.23. The van der Waals surface area contributed by atoms with E-state index in [1.807, 2.05) is 12.1 Å². The van der Waals surface area contributed by atoms with Gasteiger partial charge in [0.15, 0.2) is 0 Å². The van der Waals surface area contributed by atoms with E-state index in [1.165, 1.54) is 76.2 Å². The molecule has 1 fully saturated rings. The fourth-order valence-electron chi connectivity index (χ4n) is 3.23. The van der Waals surface area contributed by atoms with Gasteiger partial charge in [-0.05, 0) is 18.9 Å². The average molecular weight is 359 g/mol. The number of allylic oxidation sites excluding steroid dienone is 1. The summed E-state index contributed by atoms with van der Waals surface area (Å²) in [6.45, 7) is 3.80. The molecule has 26 heavy (non-hydrogen) atoms. The topological polar surface area (TPSA) is 21.8 Å². The first kappa shape index (κ1) is 21.0. The third-order valence-electron chi connectivity index (χ3n) is 5.02. The van der Waals surface area contributed by atoms with Crippen LogP contribution in [0.3, 0.4) is 0 Å². The van der Waals surface area contributed by atoms with E-state index in [9.17, 15) is 0 Å². The predicted molar refractivity (Wildman–Crippen MR) is 112 cm³/mol. The maximum absolute atomic E-state index is 5.85. The zero-order valence-corrected chi connectivity index (χ0v) is 16.8. The van der Waals surface area contributed by atoms with Gasteiger partial charge in [0.25, 0.3) is 0 Å². The summed E-state index contributed by atoms with van der Waals surface area (Å²) in [6, 6.07) is 8.27. The molecule has 2 nitrogen and oxygen atoms in total. The number of rotatable bonds is 16. The second-order valence-electron chi connectivity index (χ2n) is 7.53. The Morgan fingerprint density at radius 3 is 2.19 bits per heavy atom. The summed E-state index contributed by atoms with van der Waals surface area (Å²) in [4.78, 5) is 0. The number of ether oxygens (including phenoxy) is 2. The SMILES string of the molecule is CCCCCCCCCCCCC/C=C/c1ccccc1OCC1CO1. The van der Waals surface area contributed by atoms with Gasteiger partial charge in [-0.15, -0.1) is 0 Å². The molecule has 1 aromatic rings. The minimum atomic E-state index is 0.309. The maximum atomic E-state index is 5.85. The minimum Gasteiger partial charge on any atom is -0.490 e. The molecule has 146 valence electrons. The summed E-state index contributed by atoms with van der Waals surface area (Å²) >= 11 is 0. The molecule has 1 aliphatic rings. The van der Waals surface area contributed by atoms with E-state index >= 15 is 0 Å². The van der Waals surface area contributed by atoms with Crippen molar-refractivity contribution in [1.82, 2.24) is 0 Å². The summed E-state index contributed by atoms with van der Waals surface area (Å²) in [5.74, 6) is 0.971. The lowest BCUT2D eigenvalue weighted by atomic mass is 10.0. The fourth-order valence-corrected chi connectivity index (χ4v) is 3.23. The van der Waals surface area contributed by atoms with E-state index in [1.54, 1.807) is 0 Å². The van der Waals surface area contributed by atoms with Crippen LogP contribution in [0.25, 0.3) is 6.08 Å². The Morgan fingerprint density at radius 2 is 1.54 bits per heavy atom. The van der Waals surface area contributed by atoms with Crippen LogP contribution in [0.15, 0.2) is 30.3 Å². The summed E-state index contributed by atoms with van der Waals surface area (Å²) < 4.78 is 11.1. The summed E-state index contributed by atoms with van der Waals surface area (Å²) in [5.41, 5.74) is 1.18. The van der Waals surface area contributed by atoms with Crippen LogP contribution in [0.1, 0.15) is 89.5 Å². The molecular formula is C24H38O2. The van der Waals surface area contributed by atoms with Crippen molar-refractivity contribution in [3.63, 3.8) is 0 Å². The van der Waals surface area contributed by atoms with E-state index < -0.39 is 0 Å². The second kappa shape index (κ2) is 13.9. The highest BCUT2D eigenvalue weighted by Crippen LogP contribution is 2.22. The van der Waals surface area contributed by atoms with Crippen LogP contribution in [0.2, 0.25) is 0 Å². The number of para-hydroxylation sites is 1. The van der Waals surface area contributed by atoms with Crippen molar-refractivity contribution in [1.29, 1.82) is 0 Å². The lowest BCUT2D eigenvalue weighted by Crippen LogP contribution is -2.04. The first-order valence-corrected chi connectivity index (χ1v) is 10.9. The molecule has 2 heteroatoms. The molecule has 1 saturated heterocycles. The summed E-state index contributed by atoms with van der Waals surface area (Å²) in [6.07, 6.45) is 21.4. The molecule has 0 radical (unpaired) electrons. The van der Waals surface area contributed by atoms with Crippen molar-refractivity contribution < 1.29 is 9.47 Å². The number of hydrogen-bond donors (Lipinski definition) is 0. The molecule has 0 aromatic heterocycles. The Labute approximate surface area is 161 Å². The molecule has 0 amide bonds. The van der Waals surface area contributed by atoms with Crippen LogP contribution in [0.5, 0.6) is 5.75 Å². The molecule has 1 unspecified atom stereocenters. The van der Waals surface area contributed by atoms with Gasteiger partial charge in [-0.3, -0.25) is 0 Å². The van der Waals surface area contributed by atoms with Gasteiger partial charge in [0.2, 0.25) is 0 Å². The molecule has 0 saturated carbocycles. The Hall–Kier alpha value is -1.28. The van der Waals surface area contributed by atoms with Crippen molar-refractivity contribution in [2.24, 2.45) is 0 Å².